The Balaban J connectivity index is 1.33. The molecule has 0 saturated carbocycles. The lowest BCUT2D eigenvalue weighted by molar-refractivity contribution is -0.113. The first kappa shape index (κ1) is 18.3. The van der Waals surface area contributed by atoms with Crippen LogP contribution in [0.2, 0.25) is 0 Å². The van der Waals surface area contributed by atoms with Crippen molar-refractivity contribution in [1.29, 1.82) is 0 Å². The van der Waals surface area contributed by atoms with E-state index in [2.05, 4.69) is 32.3 Å². The molecule has 0 unspecified atom stereocenters. The first-order chi connectivity index (χ1) is 13.3. The van der Waals surface area contributed by atoms with E-state index in [0.717, 1.165) is 34.0 Å². The highest BCUT2D eigenvalue weighted by Crippen LogP contribution is 2.28. The van der Waals surface area contributed by atoms with Crippen molar-refractivity contribution in [2.45, 2.75) is 30.7 Å². The van der Waals surface area contributed by atoms with Crippen molar-refractivity contribution in [3.63, 3.8) is 0 Å². The number of thiophene rings is 1. The van der Waals surface area contributed by atoms with Crippen LogP contribution in [0.5, 0.6) is 0 Å². The predicted molar refractivity (Wildman–Crippen MR) is 114 cm³/mol. The Morgan fingerprint density at radius 3 is 2.63 bits per heavy atom. The lowest BCUT2D eigenvalue weighted by Crippen LogP contribution is -2.23. The van der Waals surface area contributed by atoms with E-state index in [1.165, 1.54) is 43.1 Å². The van der Waals surface area contributed by atoms with Gasteiger partial charge in [-0.05, 0) is 48.6 Å². The number of fused-ring (bicyclic) bond motifs is 1. The quantitative estimate of drug-likeness (QED) is 0.494. The van der Waals surface area contributed by atoms with E-state index in [4.69, 9.17) is 0 Å². The maximum atomic E-state index is 12.3. The van der Waals surface area contributed by atoms with Crippen molar-refractivity contribution in [3.05, 3.63) is 42.0 Å². The minimum absolute atomic E-state index is 0.0224. The molecule has 1 saturated heterocycles. The molecule has 7 heteroatoms. The third kappa shape index (κ3) is 4.59. The molecule has 3 aromatic rings. The number of nitrogens with one attached hydrogen (secondary N) is 1. The van der Waals surface area contributed by atoms with E-state index in [-0.39, 0.29) is 5.91 Å². The number of benzene rings is 1. The van der Waals surface area contributed by atoms with Crippen LogP contribution in [0.3, 0.4) is 0 Å². The Kier molecular flexibility index (Phi) is 5.89. The monoisotopic (exact) mass is 398 g/mol. The van der Waals surface area contributed by atoms with E-state index < -0.39 is 0 Å². The highest BCUT2D eigenvalue weighted by Gasteiger charge is 2.11. The van der Waals surface area contributed by atoms with Gasteiger partial charge in [-0.3, -0.25) is 4.79 Å². The molecule has 1 N–H and O–H groups in total. The zero-order valence-corrected chi connectivity index (χ0v) is 16.7. The molecule has 1 aliphatic rings. The fourth-order valence-electron chi connectivity index (χ4n) is 3.28. The van der Waals surface area contributed by atoms with Crippen molar-refractivity contribution in [2.24, 2.45) is 0 Å². The highest BCUT2D eigenvalue weighted by atomic mass is 32.2. The van der Waals surface area contributed by atoms with Gasteiger partial charge in [0, 0.05) is 24.5 Å². The molecule has 0 bridgehead atoms. The number of carbonyl (C=O) groups is 1. The summed E-state index contributed by atoms with van der Waals surface area (Å²) in [5.41, 5.74) is 3.01. The predicted octanol–water partition coefficient (Wildman–Crippen LogP) is 4.80. The fraction of sp³-hybridized carbons (Fsp3) is 0.350. The van der Waals surface area contributed by atoms with Crippen molar-refractivity contribution >= 4 is 50.6 Å². The van der Waals surface area contributed by atoms with E-state index in [9.17, 15) is 4.79 Å². The SMILES string of the molecule is O=C(CSc1ncnc2ccsc12)Nc1ccc(N2CCCCCC2)cc1. The first-order valence-corrected chi connectivity index (χ1v) is 11.1. The lowest BCUT2D eigenvalue weighted by atomic mass is 10.2. The summed E-state index contributed by atoms with van der Waals surface area (Å²) in [5, 5.41) is 5.84. The number of nitrogens with zero attached hydrogens (tertiary/aromatic N) is 3. The zero-order chi connectivity index (χ0) is 18.5. The van der Waals surface area contributed by atoms with Crippen LogP contribution in [0.15, 0.2) is 47.1 Å². The molecule has 27 heavy (non-hydrogen) atoms. The van der Waals surface area contributed by atoms with Gasteiger partial charge >= 0.3 is 0 Å². The minimum atomic E-state index is -0.0224. The van der Waals surface area contributed by atoms with Crippen molar-refractivity contribution in [2.75, 3.05) is 29.1 Å². The number of aromatic nitrogens is 2. The Bertz CT molecular complexity index is 902. The van der Waals surface area contributed by atoms with Crippen LogP contribution in [0.25, 0.3) is 10.2 Å². The summed E-state index contributed by atoms with van der Waals surface area (Å²) in [6.07, 6.45) is 6.72. The van der Waals surface area contributed by atoms with Gasteiger partial charge in [-0.2, -0.15) is 0 Å². The van der Waals surface area contributed by atoms with E-state index in [1.807, 2.05) is 23.6 Å². The van der Waals surface area contributed by atoms with Crippen LogP contribution >= 0.6 is 23.1 Å². The third-order valence-electron chi connectivity index (χ3n) is 4.67. The van der Waals surface area contributed by atoms with Gasteiger partial charge in [-0.1, -0.05) is 24.6 Å². The summed E-state index contributed by atoms with van der Waals surface area (Å²) in [7, 11) is 0. The summed E-state index contributed by atoms with van der Waals surface area (Å²) in [6.45, 7) is 2.25. The second-order valence-corrected chi connectivity index (χ2v) is 8.48. The Hall–Kier alpha value is -2.12. The van der Waals surface area contributed by atoms with Gasteiger partial charge in [0.25, 0.3) is 0 Å². The molecule has 0 atom stereocenters. The van der Waals surface area contributed by atoms with Crippen LogP contribution in [0.4, 0.5) is 11.4 Å². The lowest BCUT2D eigenvalue weighted by Gasteiger charge is -2.22. The van der Waals surface area contributed by atoms with Gasteiger partial charge in [0.15, 0.2) is 0 Å². The summed E-state index contributed by atoms with van der Waals surface area (Å²) in [6, 6.07) is 10.2. The van der Waals surface area contributed by atoms with Gasteiger partial charge in [-0.15, -0.1) is 11.3 Å². The van der Waals surface area contributed by atoms with Gasteiger partial charge in [0.1, 0.15) is 11.4 Å². The Morgan fingerprint density at radius 1 is 1.07 bits per heavy atom. The third-order valence-corrected chi connectivity index (χ3v) is 6.70. The number of amides is 1. The smallest absolute Gasteiger partial charge is 0.234 e. The van der Waals surface area contributed by atoms with Gasteiger partial charge in [-0.25, -0.2) is 9.97 Å². The second-order valence-electron chi connectivity index (χ2n) is 6.60. The normalized spacial score (nSPS) is 14.9. The summed E-state index contributed by atoms with van der Waals surface area (Å²) in [5.74, 6) is 0.309. The molecular weight excluding hydrogens is 376 g/mol. The molecule has 140 valence electrons. The van der Waals surface area contributed by atoms with Crippen LogP contribution in [0, 0.1) is 0 Å². The van der Waals surface area contributed by atoms with Crippen molar-refractivity contribution in [3.8, 4) is 0 Å². The van der Waals surface area contributed by atoms with Gasteiger partial charge in [0.05, 0.1) is 16.0 Å². The topological polar surface area (TPSA) is 58.1 Å². The Labute approximate surface area is 167 Å². The number of hydrogen-bond acceptors (Lipinski definition) is 6. The van der Waals surface area contributed by atoms with Crippen molar-refractivity contribution < 1.29 is 4.79 Å². The van der Waals surface area contributed by atoms with E-state index in [1.54, 1.807) is 17.7 Å². The molecule has 1 aromatic carbocycles. The average molecular weight is 399 g/mol. The van der Waals surface area contributed by atoms with E-state index in [0.29, 0.717) is 5.75 Å². The highest BCUT2D eigenvalue weighted by molar-refractivity contribution is 8.00. The minimum Gasteiger partial charge on any atom is -0.372 e. The van der Waals surface area contributed by atoms with Gasteiger partial charge < -0.3 is 10.2 Å². The maximum Gasteiger partial charge on any atom is 0.234 e. The van der Waals surface area contributed by atoms with E-state index >= 15 is 0 Å². The van der Waals surface area contributed by atoms with Crippen LogP contribution in [-0.4, -0.2) is 34.7 Å². The molecule has 2 aromatic heterocycles. The molecule has 1 amide bonds. The summed E-state index contributed by atoms with van der Waals surface area (Å²) in [4.78, 5) is 23.3. The number of hydrogen-bond donors (Lipinski definition) is 1. The molecule has 0 spiro atoms. The van der Waals surface area contributed by atoms with Crippen molar-refractivity contribution in [1.82, 2.24) is 9.97 Å². The molecule has 1 aliphatic heterocycles. The number of thioether (sulfide) groups is 1. The van der Waals surface area contributed by atoms with Gasteiger partial charge in [0.2, 0.25) is 5.91 Å². The van der Waals surface area contributed by atoms with Crippen LogP contribution < -0.4 is 10.2 Å². The molecule has 4 rings (SSSR count). The first-order valence-electron chi connectivity index (χ1n) is 9.25. The largest absolute Gasteiger partial charge is 0.372 e. The summed E-state index contributed by atoms with van der Waals surface area (Å²) >= 11 is 3.05. The molecule has 1 fully saturated rings. The van der Waals surface area contributed by atoms with Crippen LogP contribution in [-0.2, 0) is 4.79 Å². The fourth-order valence-corrected chi connectivity index (χ4v) is 5.03. The van der Waals surface area contributed by atoms with Crippen LogP contribution in [0.1, 0.15) is 25.7 Å². The molecule has 0 aliphatic carbocycles. The average Bonchev–Trinajstić information content (AvgIpc) is 3.01. The number of carbonyl (C=O) groups excluding carboxylic acids is 1. The molecule has 5 nitrogen and oxygen atoms in total. The second kappa shape index (κ2) is 8.71. The maximum absolute atomic E-state index is 12.3. The standard InChI is InChI=1S/C20H22N4OS2/c25-18(13-27-20-19-17(9-12-26-19)21-14-22-20)23-15-5-7-16(8-6-15)24-10-3-1-2-4-11-24/h5-9,12,14H,1-4,10-11,13H2,(H,23,25). The summed E-state index contributed by atoms with van der Waals surface area (Å²) < 4.78 is 1.04. The molecule has 0 radical (unpaired) electrons. The zero-order valence-electron chi connectivity index (χ0n) is 15.1. The number of rotatable bonds is 5. The number of anilines is 2. The molecular formula is C20H22N4OS2. The molecule has 3 heterocycles. The Morgan fingerprint density at radius 2 is 1.85 bits per heavy atom.